The molecule has 0 radical (unpaired) electrons. The molecule has 0 saturated carbocycles. The molecule has 3 aliphatic heterocycles. The second-order valence-electron chi connectivity index (χ2n) is 13.8. The predicted octanol–water partition coefficient (Wildman–Crippen LogP) is 7.62. The van der Waals surface area contributed by atoms with Crippen LogP contribution in [0.2, 0.25) is 0 Å². The molecule has 0 aromatic heterocycles. The number of fused-ring (bicyclic) bond motifs is 5. The van der Waals surface area contributed by atoms with Crippen molar-refractivity contribution in [3.8, 4) is 11.5 Å². The summed E-state index contributed by atoms with van der Waals surface area (Å²) in [4.78, 5) is 14.4. The number of aliphatic hydroxyl groups is 1. The van der Waals surface area contributed by atoms with E-state index in [1.54, 1.807) is 12.1 Å². The Hall–Kier alpha value is -2.83. The van der Waals surface area contributed by atoms with Gasteiger partial charge in [-0.05, 0) is 102 Å². The molecule has 43 heavy (non-hydrogen) atoms. The van der Waals surface area contributed by atoms with Gasteiger partial charge in [-0.2, -0.15) is 0 Å². The number of hydrogen-bond donors (Lipinski definition) is 2. The number of aromatic hydroxyl groups is 1. The standard InChI is InChI=1S/C21H30O2.C16H21NO3/c1-5-6-7-8-15-12-18(22)20-16-11-14(2)9-10-17(16)21(3,4)23-19(20)13-15;1-17-12-7-8-13(17)10-14(9-12)20-16(19)15(18)11-5-3-2-4-6-11/h11-13,16-17,22H,5-10H2,1-4H3;2-6,12-15,18H,7-10H2,1H3/t16-,17-;12-,13+,14?,15?/m1./s1. The first-order valence-electron chi connectivity index (χ1n) is 16.4. The molecule has 2 fully saturated rings. The fraction of sp³-hybridized carbons (Fsp3) is 0.595. The summed E-state index contributed by atoms with van der Waals surface area (Å²) in [5.41, 5.74) is 4.05. The first-order valence-corrected chi connectivity index (χ1v) is 16.4. The third-order valence-electron chi connectivity index (χ3n) is 10.3. The van der Waals surface area contributed by atoms with Crippen LogP contribution in [0.25, 0.3) is 0 Å². The van der Waals surface area contributed by atoms with E-state index in [4.69, 9.17) is 9.47 Å². The van der Waals surface area contributed by atoms with Crippen molar-refractivity contribution in [1.82, 2.24) is 4.90 Å². The van der Waals surface area contributed by atoms with E-state index in [0.717, 1.165) is 43.4 Å². The van der Waals surface area contributed by atoms with Gasteiger partial charge in [0, 0.05) is 29.5 Å². The van der Waals surface area contributed by atoms with Crippen molar-refractivity contribution < 1.29 is 24.5 Å². The average Bonchev–Trinajstić information content (AvgIpc) is 3.16. The highest BCUT2D eigenvalue weighted by Crippen LogP contribution is 2.53. The van der Waals surface area contributed by atoms with Crippen LogP contribution in [0.1, 0.15) is 114 Å². The van der Waals surface area contributed by atoms with Crippen LogP contribution in [-0.4, -0.2) is 51.9 Å². The average molecular weight is 590 g/mol. The van der Waals surface area contributed by atoms with Gasteiger partial charge in [0.05, 0.1) is 0 Å². The van der Waals surface area contributed by atoms with Gasteiger partial charge >= 0.3 is 5.97 Å². The van der Waals surface area contributed by atoms with Gasteiger partial charge in [0.1, 0.15) is 23.2 Å². The van der Waals surface area contributed by atoms with Gasteiger partial charge in [-0.1, -0.05) is 61.7 Å². The molecule has 234 valence electrons. The maximum Gasteiger partial charge on any atom is 0.339 e. The van der Waals surface area contributed by atoms with Crippen LogP contribution in [0.3, 0.4) is 0 Å². The molecule has 4 aliphatic rings. The summed E-state index contributed by atoms with van der Waals surface area (Å²) >= 11 is 0. The predicted molar refractivity (Wildman–Crippen MR) is 170 cm³/mol. The molecule has 2 N–H and O–H groups in total. The zero-order chi connectivity index (χ0) is 30.7. The minimum atomic E-state index is -1.17. The lowest BCUT2D eigenvalue weighted by molar-refractivity contribution is -0.162. The summed E-state index contributed by atoms with van der Waals surface area (Å²) in [7, 11) is 2.15. The Labute approximate surface area is 258 Å². The number of unbranched alkanes of at least 4 members (excludes halogenated alkanes) is 2. The summed E-state index contributed by atoms with van der Waals surface area (Å²) in [5.74, 6) is 1.52. The molecule has 2 saturated heterocycles. The fourth-order valence-electron chi connectivity index (χ4n) is 7.76. The molecule has 6 heteroatoms. The number of phenols is 1. The Balaban J connectivity index is 0.000000173. The van der Waals surface area contributed by atoms with Crippen molar-refractivity contribution in [2.24, 2.45) is 5.92 Å². The highest BCUT2D eigenvalue weighted by molar-refractivity contribution is 5.76. The number of carbonyl (C=O) groups is 1. The van der Waals surface area contributed by atoms with E-state index in [1.807, 2.05) is 24.3 Å². The molecule has 2 unspecified atom stereocenters. The van der Waals surface area contributed by atoms with Crippen molar-refractivity contribution in [1.29, 1.82) is 0 Å². The maximum atomic E-state index is 12.0. The number of aryl methyl sites for hydroxylation is 1. The Bertz CT molecular complexity index is 1270. The first kappa shape index (κ1) is 31.6. The quantitative estimate of drug-likeness (QED) is 0.196. The summed E-state index contributed by atoms with van der Waals surface area (Å²) in [5, 5.41) is 20.7. The van der Waals surface area contributed by atoms with Gasteiger partial charge in [0.2, 0.25) is 0 Å². The number of aliphatic hydroxyl groups excluding tert-OH is 1. The first-order chi connectivity index (χ1) is 20.6. The number of rotatable bonds is 7. The van der Waals surface area contributed by atoms with E-state index in [9.17, 15) is 15.0 Å². The summed E-state index contributed by atoms with van der Waals surface area (Å²) < 4.78 is 11.9. The van der Waals surface area contributed by atoms with Gasteiger partial charge in [0.25, 0.3) is 0 Å². The third-order valence-corrected chi connectivity index (χ3v) is 10.3. The summed E-state index contributed by atoms with van der Waals surface area (Å²) in [6.07, 6.45) is 12.2. The maximum absolute atomic E-state index is 12.0. The monoisotopic (exact) mass is 589 g/mol. The van der Waals surface area contributed by atoms with Crippen molar-refractivity contribution in [3.05, 3.63) is 70.8 Å². The van der Waals surface area contributed by atoms with Crippen molar-refractivity contribution in [3.63, 3.8) is 0 Å². The van der Waals surface area contributed by atoms with Crippen molar-refractivity contribution in [2.45, 2.75) is 128 Å². The van der Waals surface area contributed by atoms with Crippen LogP contribution < -0.4 is 4.74 Å². The van der Waals surface area contributed by atoms with Gasteiger partial charge in [-0.3, -0.25) is 0 Å². The lowest BCUT2D eigenvalue weighted by atomic mass is 9.68. The Kier molecular flexibility index (Phi) is 9.87. The van der Waals surface area contributed by atoms with Gasteiger partial charge in [-0.25, -0.2) is 4.79 Å². The lowest BCUT2D eigenvalue weighted by Gasteiger charge is -2.46. The van der Waals surface area contributed by atoms with Crippen molar-refractivity contribution in [2.75, 3.05) is 7.05 Å². The fourth-order valence-corrected chi connectivity index (χ4v) is 7.76. The molecule has 2 bridgehead atoms. The van der Waals surface area contributed by atoms with Gasteiger partial charge in [0.15, 0.2) is 6.10 Å². The van der Waals surface area contributed by atoms with E-state index >= 15 is 0 Å². The van der Waals surface area contributed by atoms with Crippen LogP contribution in [0.4, 0.5) is 0 Å². The van der Waals surface area contributed by atoms with Crippen molar-refractivity contribution >= 4 is 5.97 Å². The number of allylic oxidation sites excluding steroid dienone is 2. The molecule has 0 amide bonds. The summed E-state index contributed by atoms with van der Waals surface area (Å²) in [6.45, 7) is 8.81. The molecular formula is C37H51NO5. The molecule has 2 aromatic carbocycles. The Morgan fingerprint density at radius 1 is 1.09 bits per heavy atom. The van der Waals surface area contributed by atoms with Crippen LogP contribution >= 0.6 is 0 Å². The van der Waals surface area contributed by atoms with E-state index in [-0.39, 0.29) is 17.6 Å². The zero-order valence-electron chi connectivity index (χ0n) is 26.7. The second kappa shape index (κ2) is 13.4. The molecule has 0 spiro atoms. The number of benzene rings is 2. The number of nitrogens with zero attached hydrogens (tertiary/aromatic N) is 1. The topological polar surface area (TPSA) is 79.2 Å². The van der Waals surface area contributed by atoms with Crippen LogP contribution in [-0.2, 0) is 16.0 Å². The number of carbonyl (C=O) groups excluding carboxylic acids is 1. The van der Waals surface area contributed by atoms with E-state index in [0.29, 0.717) is 29.3 Å². The lowest BCUT2D eigenvalue weighted by Crippen LogP contribution is -2.45. The zero-order valence-corrected chi connectivity index (χ0v) is 26.7. The SMILES string of the molecule is CCCCCc1cc(O)c2c(c1)OC(C)(C)[C@@H]1CCC(C)=C[C@@H]21.CN1[C@@H]2CC[C@H]1CC(OC(=O)C(O)c1ccccc1)C2. The molecular weight excluding hydrogens is 538 g/mol. The van der Waals surface area contributed by atoms with E-state index in [1.165, 1.54) is 43.2 Å². The third kappa shape index (κ3) is 7.12. The van der Waals surface area contributed by atoms with Crippen LogP contribution in [0.5, 0.6) is 11.5 Å². The minimum absolute atomic E-state index is 0.0467. The number of piperidine rings is 1. The number of phenolic OH excluding ortho intramolecular Hbond substituents is 1. The van der Waals surface area contributed by atoms with Gasteiger partial charge < -0.3 is 24.6 Å². The normalized spacial score (nSPS) is 27.9. The summed E-state index contributed by atoms with van der Waals surface area (Å²) in [6, 6.07) is 14.1. The molecule has 6 atom stereocenters. The molecule has 3 heterocycles. The molecule has 6 nitrogen and oxygen atoms in total. The Morgan fingerprint density at radius 3 is 2.47 bits per heavy atom. The number of ether oxygens (including phenoxy) is 2. The number of hydrogen-bond acceptors (Lipinski definition) is 6. The highest BCUT2D eigenvalue weighted by atomic mass is 16.6. The largest absolute Gasteiger partial charge is 0.507 e. The van der Waals surface area contributed by atoms with Crippen LogP contribution in [0, 0.1) is 5.92 Å². The van der Waals surface area contributed by atoms with Crippen LogP contribution in [0.15, 0.2) is 54.1 Å². The minimum Gasteiger partial charge on any atom is -0.507 e. The Morgan fingerprint density at radius 2 is 1.79 bits per heavy atom. The molecule has 6 rings (SSSR count). The van der Waals surface area contributed by atoms with E-state index in [2.05, 4.69) is 51.8 Å². The van der Waals surface area contributed by atoms with E-state index < -0.39 is 12.1 Å². The van der Waals surface area contributed by atoms with Gasteiger partial charge in [-0.15, -0.1) is 0 Å². The number of esters is 1. The smallest absolute Gasteiger partial charge is 0.339 e. The molecule has 1 aliphatic carbocycles. The second-order valence-corrected chi connectivity index (χ2v) is 13.8. The molecule has 2 aromatic rings. The highest BCUT2D eigenvalue weighted by Gasteiger charge is 2.45.